The van der Waals surface area contributed by atoms with E-state index in [-0.39, 0.29) is 53.6 Å². The Bertz CT molecular complexity index is 1400. The first-order valence-corrected chi connectivity index (χ1v) is 13.9. The number of benzene rings is 1. The van der Waals surface area contributed by atoms with Crippen molar-refractivity contribution in [3.05, 3.63) is 53.1 Å². The number of nitrogens with zero attached hydrogens (tertiary/aromatic N) is 2. The van der Waals surface area contributed by atoms with Crippen LogP contribution < -0.4 is 9.47 Å². The van der Waals surface area contributed by atoms with Crippen LogP contribution in [0.25, 0.3) is 0 Å². The summed E-state index contributed by atoms with van der Waals surface area (Å²) in [6.07, 6.45) is 5.07. The number of hydrogen-bond acceptors (Lipinski definition) is 8. The molecule has 4 aliphatic rings. The van der Waals surface area contributed by atoms with E-state index in [1.807, 2.05) is 6.92 Å². The third-order valence-corrected chi connectivity index (χ3v) is 8.40. The highest BCUT2D eigenvalue weighted by Gasteiger charge is 2.62. The first-order valence-electron chi connectivity index (χ1n) is 13.9. The molecule has 2 aromatic rings. The number of carbonyl (C=O) groups is 4. The number of amides is 2. The highest BCUT2D eigenvalue weighted by molar-refractivity contribution is 6.11. The zero-order valence-corrected chi connectivity index (χ0v) is 22.5. The van der Waals surface area contributed by atoms with E-state index in [2.05, 4.69) is 4.98 Å². The molecule has 3 fully saturated rings. The molecule has 0 N–H and O–H groups in total. The topological polar surface area (TPSA) is 112 Å². The summed E-state index contributed by atoms with van der Waals surface area (Å²) >= 11 is 0. The van der Waals surface area contributed by atoms with Crippen molar-refractivity contribution < 1.29 is 37.8 Å². The second kappa shape index (κ2) is 9.98. The molecule has 0 saturated heterocycles. The molecule has 4 aliphatic carbocycles. The van der Waals surface area contributed by atoms with Gasteiger partial charge in [0.2, 0.25) is 11.7 Å². The van der Waals surface area contributed by atoms with Gasteiger partial charge in [0.1, 0.15) is 17.5 Å². The fourth-order valence-corrected chi connectivity index (χ4v) is 5.50. The van der Waals surface area contributed by atoms with Gasteiger partial charge in [-0.3, -0.25) is 19.3 Å². The predicted molar refractivity (Wildman–Crippen MR) is 138 cm³/mol. The maximum Gasteiger partial charge on any atom is 0.332 e. The van der Waals surface area contributed by atoms with E-state index in [9.17, 15) is 23.6 Å². The normalized spacial score (nSPS) is 22.5. The van der Waals surface area contributed by atoms with Gasteiger partial charge in [-0.15, -0.1) is 0 Å². The maximum absolute atomic E-state index is 14.1. The minimum absolute atomic E-state index is 0.129. The number of pyridine rings is 1. The van der Waals surface area contributed by atoms with E-state index in [1.54, 1.807) is 6.07 Å². The fourth-order valence-electron chi connectivity index (χ4n) is 5.50. The van der Waals surface area contributed by atoms with Crippen molar-refractivity contribution in [2.45, 2.75) is 75.9 Å². The number of methoxy groups -OCH3 is 1. The Kier molecular flexibility index (Phi) is 6.59. The second-order valence-electron chi connectivity index (χ2n) is 11.3. The number of ether oxygens (including phenoxy) is 3. The van der Waals surface area contributed by atoms with Gasteiger partial charge in [0.15, 0.2) is 11.4 Å². The van der Waals surface area contributed by atoms with Gasteiger partial charge in [-0.05, 0) is 74.6 Å². The molecule has 10 heteroatoms. The van der Waals surface area contributed by atoms with Gasteiger partial charge < -0.3 is 14.2 Å². The monoisotopic (exact) mass is 550 g/mol. The molecule has 2 amide bonds. The van der Waals surface area contributed by atoms with Crippen molar-refractivity contribution in [3.8, 4) is 11.5 Å². The van der Waals surface area contributed by atoms with Crippen LogP contribution in [-0.2, 0) is 25.5 Å². The van der Waals surface area contributed by atoms with E-state index >= 15 is 0 Å². The van der Waals surface area contributed by atoms with E-state index < -0.39 is 35.4 Å². The Hall–Kier alpha value is -3.82. The molecule has 210 valence electrons. The van der Waals surface area contributed by atoms with Gasteiger partial charge in [0, 0.05) is 24.1 Å². The summed E-state index contributed by atoms with van der Waals surface area (Å²) in [6.45, 7) is 1.92. The quantitative estimate of drug-likeness (QED) is 0.357. The van der Waals surface area contributed by atoms with Gasteiger partial charge in [0.05, 0.1) is 13.0 Å². The molecule has 9 nitrogen and oxygen atoms in total. The van der Waals surface area contributed by atoms with Gasteiger partial charge in [-0.1, -0.05) is 13.0 Å². The minimum Gasteiger partial charge on any atom is -0.493 e. The molecular weight excluding hydrogens is 519 g/mol. The fraction of sp³-hybridized carbons (Fsp3) is 0.500. The average molecular weight is 551 g/mol. The van der Waals surface area contributed by atoms with Crippen LogP contribution in [0, 0.1) is 17.7 Å². The summed E-state index contributed by atoms with van der Waals surface area (Å²) in [7, 11) is 1.38. The molecule has 0 spiro atoms. The number of rotatable bonds is 8. The minimum atomic E-state index is -1.46. The number of esters is 2. The number of aryl methyl sites for hydroxylation is 1. The molecule has 1 aromatic heterocycles. The van der Waals surface area contributed by atoms with E-state index in [0.29, 0.717) is 38.5 Å². The average Bonchev–Trinajstić information content (AvgIpc) is 3.79. The Morgan fingerprint density at radius 1 is 1.02 bits per heavy atom. The molecule has 6 rings (SSSR count). The summed E-state index contributed by atoms with van der Waals surface area (Å²) in [5.74, 6) is -3.54. The van der Waals surface area contributed by atoms with Crippen LogP contribution in [-0.4, -0.2) is 52.4 Å². The van der Waals surface area contributed by atoms with Gasteiger partial charge >= 0.3 is 11.9 Å². The van der Waals surface area contributed by atoms with Crippen molar-refractivity contribution in [2.24, 2.45) is 11.8 Å². The molecule has 2 unspecified atom stereocenters. The van der Waals surface area contributed by atoms with Crippen molar-refractivity contribution >= 4 is 23.8 Å². The van der Waals surface area contributed by atoms with Gasteiger partial charge in [-0.2, -0.15) is 0 Å². The Morgan fingerprint density at radius 3 is 2.40 bits per heavy atom. The van der Waals surface area contributed by atoms with Crippen molar-refractivity contribution in [2.75, 3.05) is 7.11 Å². The Labute approximate surface area is 231 Å². The Morgan fingerprint density at radius 2 is 1.75 bits per heavy atom. The molecule has 1 heterocycles. The third kappa shape index (κ3) is 4.73. The van der Waals surface area contributed by atoms with E-state index in [0.717, 1.165) is 16.0 Å². The smallest absolute Gasteiger partial charge is 0.332 e. The van der Waals surface area contributed by atoms with Crippen molar-refractivity contribution in [3.63, 3.8) is 0 Å². The van der Waals surface area contributed by atoms with Gasteiger partial charge in [-0.25, -0.2) is 14.2 Å². The lowest BCUT2D eigenvalue weighted by atomic mass is 9.81. The summed E-state index contributed by atoms with van der Waals surface area (Å²) in [6, 6.07) is 6.09. The third-order valence-electron chi connectivity index (χ3n) is 8.40. The molecule has 0 aliphatic heterocycles. The molecule has 1 aromatic carbocycles. The summed E-state index contributed by atoms with van der Waals surface area (Å²) in [4.78, 5) is 59.1. The van der Waals surface area contributed by atoms with Crippen LogP contribution in [0.3, 0.4) is 0 Å². The van der Waals surface area contributed by atoms with Crippen LogP contribution >= 0.6 is 0 Å². The van der Waals surface area contributed by atoms with Crippen LogP contribution in [0.2, 0.25) is 0 Å². The van der Waals surface area contributed by atoms with Crippen LogP contribution in [0.4, 0.5) is 4.39 Å². The Balaban J connectivity index is 1.29. The van der Waals surface area contributed by atoms with E-state index in [1.165, 1.54) is 31.5 Å². The molecular formula is C30H31FN2O7. The molecule has 3 saturated carbocycles. The number of halogens is 1. The highest BCUT2D eigenvalue weighted by atomic mass is 19.1. The number of carbonyl (C=O) groups excluding carboxylic acids is 4. The van der Waals surface area contributed by atoms with Crippen molar-refractivity contribution in [1.82, 2.24) is 9.88 Å². The molecule has 2 atom stereocenters. The number of imide groups is 1. The number of fused-ring (bicyclic) bond motifs is 1. The molecule has 0 bridgehead atoms. The summed E-state index contributed by atoms with van der Waals surface area (Å²) in [5.41, 5.74) is 0.0876. The van der Waals surface area contributed by atoms with Crippen molar-refractivity contribution in [1.29, 1.82) is 0 Å². The lowest BCUT2D eigenvalue weighted by molar-refractivity contribution is -0.161. The SMILES string of the molecule is COc1ccnc(C(=O)N(C(=O)C2CC2)C2(C(=O)OC3CCc4cc(F)ccc4C3C)CC2)c1OC(=O)C1CC1. The van der Waals surface area contributed by atoms with E-state index in [4.69, 9.17) is 14.2 Å². The standard InChI is InChI=1S/C30H31FN2O7/c1-16-21-9-8-20(31)15-19(21)7-10-22(16)39-29(37)30(12-13-30)33(26(34)17-3-4-17)27(35)24-25(23(38-2)11-14-32-24)40-28(36)18-5-6-18/h8-9,11,14-18,22H,3-7,10,12-13H2,1-2H3. The second-order valence-corrected chi connectivity index (χ2v) is 11.3. The first kappa shape index (κ1) is 26.4. The molecule has 40 heavy (non-hydrogen) atoms. The lowest BCUT2D eigenvalue weighted by Crippen LogP contribution is -2.53. The molecule has 0 radical (unpaired) electrons. The lowest BCUT2D eigenvalue weighted by Gasteiger charge is -2.34. The number of aromatic nitrogens is 1. The van der Waals surface area contributed by atoms with Crippen LogP contribution in [0.1, 0.15) is 79.4 Å². The summed E-state index contributed by atoms with van der Waals surface area (Å²) in [5, 5.41) is 0. The van der Waals surface area contributed by atoms with Gasteiger partial charge in [0.25, 0.3) is 5.91 Å². The van der Waals surface area contributed by atoms with Crippen LogP contribution in [0.5, 0.6) is 11.5 Å². The largest absolute Gasteiger partial charge is 0.493 e. The zero-order valence-electron chi connectivity index (χ0n) is 22.5. The summed E-state index contributed by atoms with van der Waals surface area (Å²) < 4.78 is 30.7. The first-order chi connectivity index (χ1) is 19.2. The predicted octanol–water partition coefficient (Wildman–Crippen LogP) is 4.12. The van der Waals surface area contributed by atoms with Crippen LogP contribution in [0.15, 0.2) is 30.5 Å². The maximum atomic E-state index is 14.1. The number of hydrogen-bond donors (Lipinski definition) is 0. The highest BCUT2D eigenvalue weighted by Crippen LogP contribution is 2.48. The zero-order chi connectivity index (χ0) is 28.2.